The molecule has 0 aliphatic carbocycles. The zero-order chi connectivity index (χ0) is 7.98. The normalized spacial score (nSPS) is 8.70. The van der Waals surface area contributed by atoms with Crippen molar-refractivity contribution in [3.05, 3.63) is 11.9 Å². The summed E-state index contributed by atoms with van der Waals surface area (Å²) in [6.45, 7) is 0.568. The molecule has 0 fully saturated rings. The molecule has 57 valence electrons. The monoisotopic (exact) mass is 153 g/mol. The van der Waals surface area contributed by atoms with Crippen LogP contribution in [-0.2, 0) is 9.53 Å². The molecule has 0 spiro atoms. The molecule has 0 aromatic heterocycles. The number of halogens is 3. The number of carbonyl (C=O) groups excluding carboxylic acids is 1. The third kappa shape index (κ3) is 3.94. The van der Waals surface area contributed by atoms with Gasteiger partial charge in [-0.15, -0.1) is 0 Å². The Morgan fingerprint density at radius 1 is 1.40 bits per heavy atom. The van der Waals surface area contributed by atoms with Crippen LogP contribution in [0.25, 0.3) is 0 Å². The van der Waals surface area contributed by atoms with Crippen molar-refractivity contribution in [2.24, 2.45) is 0 Å². The topological polar surface area (TPSA) is 26.3 Å². The summed E-state index contributed by atoms with van der Waals surface area (Å²) in [5.74, 6) is -1.56. The summed E-state index contributed by atoms with van der Waals surface area (Å²) >= 11 is 0. The maximum absolute atomic E-state index is 11.8. The molecule has 5 heteroatoms. The van der Waals surface area contributed by atoms with Gasteiger partial charge in [0.05, 0.1) is 6.61 Å². The lowest BCUT2D eigenvalue weighted by molar-refractivity contribution is 0.265. The largest absolute Gasteiger partial charge is 0.457 e. The van der Waals surface area contributed by atoms with Gasteiger partial charge < -0.3 is 4.74 Å². The van der Waals surface area contributed by atoms with E-state index in [4.69, 9.17) is 0 Å². The Bertz CT molecular complexity index is 140. The van der Waals surface area contributed by atoms with Gasteiger partial charge in [0, 0.05) is 6.42 Å². The van der Waals surface area contributed by atoms with Crippen molar-refractivity contribution >= 4 is 6.47 Å². The van der Waals surface area contributed by atoms with Crippen LogP contribution in [0.4, 0.5) is 13.2 Å². The van der Waals surface area contributed by atoms with E-state index >= 15 is 0 Å². The van der Waals surface area contributed by atoms with Crippen LogP contribution in [0.2, 0.25) is 0 Å². The number of hydrogen-bond acceptors (Lipinski definition) is 2. The summed E-state index contributed by atoms with van der Waals surface area (Å²) in [5.41, 5.74) is 0. The quantitative estimate of drug-likeness (QED) is 0.572. The second kappa shape index (κ2) is 4.84. The first kappa shape index (κ1) is 9.00. The van der Waals surface area contributed by atoms with Gasteiger partial charge in [-0.3, -0.25) is 0 Å². The molecule has 1 radical (unpaired) electrons. The fraction of sp³-hybridized carbons (Fsp3) is 0.400. The Kier molecular flexibility index (Phi) is 4.36. The summed E-state index contributed by atoms with van der Waals surface area (Å²) in [6, 6.07) is 0. The molecule has 0 rings (SSSR count). The standard InChI is InChI=1S/C5H4F3O2/c6-4(5(7)8)1-2-10-3-9/h1-2H2. The number of ether oxygens (including phenoxy) is 1. The molecule has 0 heterocycles. The molecule has 0 saturated heterocycles. The summed E-state index contributed by atoms with van der Waals surface area (Å²) in [7, 11) is 0. The minimum absolute atomic E-state index is 0.410. The van der Waals surface area contributed by atoms with E-state index in [1.165, 1.54) is 0 Å². The molecular formula is C5H4F3O2. The summed E-state index contributed by atoms with van der Waals surface area (Å²) in [5, 5.41) is 0. The van der Waals surface area contributed by atoms with Crippen molar-refractivity contribution in [2.75, 3.05) is 6.61 Å². The third-order valence-corrected chi connectivity index (χ3v) is 0.688. The molecule has 0 aliphatic rings. The van der Waals surface area contributed by atoms with E-state index in [0.717, 1.165) is 6.47 Å². The summed E-state index contributed by atoms with van der Waals surface area (Å²) in [4.78, 5) is 9.28. The molecule has 10 heavy (non-hydrogen) atoms. The predicted octanol–water partition coefficient (Wildman–Crippen LogP) is 1.54. The van der Waals surface area contributed by atoms with Crippen LogP contribution in [0, 0.1) is 0 Å². The Labute approximate surface area is 55.3 Å². The first-order chi connectivity index (χ1) is 4.68. The van der Waals surface area contributed by atoms with E-state index < -0.39 is 24.9 Å². The van der Waals surface area contributed by atoms with Crippen molar-refractivity contribution in [3.8, 4) is 0 Å². The molecule has 2 nitrogen and oxygen atoms in total. The van der Waals surface area contributed by atoms with Gasteiger partial charge in [0.2, 0.25) is 0 Å². The van der Waals surface area contributed by atoms with Crippen molar-refractivity contribution in [1.29, 1.82) is 0 Å². The lowest BCUT2D eigenvalue weighted by atomic mass is 10.4. The van der Waals surface area contributed by atoms with Gasteiger partial charge in [0.1, 0.15) is 0 Å². The SMILES string of the molecule is O=[C]OCCC(F)=C(F)F. The molecule has 0 atom stereocenters. The van der Waals surface area contributed by atoms with E-state index in [0.29, 0.717) is 0 Å². The first-order valence-electron chi connectivity index (χ1n) is 2.37. The highest BCUT2D eigenvalue weighted by atomic mass is 19.3. The van der Waals surface area contributed by atoms with Crippen LogP contribution >= 0.6 is 0 Å². The fourth-order valence-electron chi connectivity index (χ4n) is 0.277. The molecule has 0 N–H and O–H groups in total. The van der Waals surface area contributed by atoms with Crippen LogP contribution < -0.4 is 0 Å². The summed E-state index contributed by atoms with van der Waals surface area (Å²) in [6.07, 6.45) is -2.98. The molecule has 0 aromatic carbocycles. The first-order valence-corrected chi connectivity index (χ1v) is 2.37. The van der Waals surface area contributed by atoms with Gasteiger partial charge in [-0.25, -0.2) is 9.18 Å². The second-order valence-electron chi connectivity index (χ2n) is 1.35. The molecular weight excluding hydrogens is 149 g/mol. The van der Waals surface area contributed by atoms with Crippen LogP contribution in [0.3, 0.4) is 0 Å². The minimum Gasteiger partial charge on any atom is -0.457 e. The average molecular weight is 153 g/mol. The lowest BCUT2D eigenvalue weighted by Crippen LogP contribution is -1.91. The van der Waals surface area contributed by atoms with Gasteiger partial charge in [0.25, 0.3) is 0 Å². The highest BCUT2D eigenvalue weighted by Crippen LogP contribution is 2.12. The predicted molar refractivity (Wildman–Crippen MR) is 26.6 cm³/mol. The highest BCUT2D eigenvalue weighted by molar-refractivity contribution is 5.38. The van der Waals surface area contributed by atoms with Crippen molar-refractivity contribution in [2.45, 2.75) is 6.42 Å². The van der Waals surface area contributed by atoms with Gasteiger partial charge in [-0.1, -0.05) is 0 Å². The Balaban J connectivity index is 3.49. The minimum atomic E-state index is -2.38. The number of hydrogen-bond donors (Lipinski definition) is 0. The second-order valence-corrected chi connectivity index (χ2v) is 1.35. The van der Waals surface area contributed by atoms with E-state index in [1.807, 2.05) is 0 Å². The van der Waals surface area contributed by atoms with E-state index in [1.54, 1.807) is 0 Å². The van der Waals surface area contributed by atoms with E-state index in [9.17, 15) is 18.0 Å². The molecule has 0 unspecified atom stereocenters. The van der Waals surface area contributed by atoms with Crippen LogP contribution in [0.5, 0.6) is 0 Å². The van der Waals surface area contributed by atoms with E-state index in [-0.39, 0.29) is 0 Å². The zero-order valence-corrected chi connectivity index (χ0v) is 4.86. The van der Waals surface area contributed by atoms with Gasteiger partial charge in [0.15, 0.2) is 5.83 Å². The Hall–Kier alpha value is -1.00. The van der Waals surface area contributed by atoms with Crippen molar-refractivity contribution in [1.82, 2.24) is 0 Å². The zero-order valence-electron chi connectivity index (χ0n) is 4.86. The molecule has 0 aromatic rings. The maximum Gasteiger partial charge on any atom is 0.417 e. The van der Waals surface area contributed by atoms with E-state index in [2.05, 4.69) is 4.74 Å². The Morgan fingerprint density at radius 3 is 2.40 bits per heavy atom. The van der Waals surface area contributed by atoms with Gasteiger partial charge in [-0.2, -0.15) is 8.78 Å². The van der Waals surface area contributed by atoms with Gasteiger partial charge >= 0.3 is 12.6 Å². The molecule has 0 amide bonds. The molecule has 0 bridgehead atoms. The highest BCUT2D eigenvalue weighted by Gasteiger charge is 2.03. The van der Waals surface area contributed by atoms with Crippen LogP contribution in [-0.4, -0.2) is 13.1 Å². The summed E-state index contributed by atoms with van der Waals surface area (Å²) < 4.78 is 38.0. The fourth-order valence-corrected chi connectivity index (χ4v) is 0.277. The average Bonchev–Trinajstić information content (AvgIpc) is 1.88. The van der Waals surface area contributed by atoms with Crippen molar-refractivity contribution in [3.63, 3.8) is 0 Å². The van der Waals surface area contributed by atoms with Gasteiger partial charge in [-0.05, 0) is 0 Å². The van der Waals surface area contributed by atoms with Crippen molar-refractivity contribution < 1.29 is 22.7 Å². The molecule has 0 saturated carbocycles. The van der Waals surface area contributed by atoms with Crippen LogP contribution in [0.15, 0.2) is 11.9 Å². The maximum atomic E-state index is 11.8. The Morgan fingerprint density at radius 2 is 2.00 bits per heavy atom. The van der Waals surface area contributed by atoms with Crippen LogP contribution in [0.1, 0.15) is 6.42 Å². The third-order valence-electron chi connectivity index (χ3n) is 0.688. The lowest BCUT2D eigenvalue weighted by Gasteiger charge is -1.92. The smallest absolute Gasteiger partial charge is 0.417 e. The molecule has 0 aliphatic heterocycles. The number of rotatable bonds is 4.